The first-order valence-corrected chi connectivity index (χ1v) is 8.09. The summed E-state index contributed by atoms with van der Waals surface area (Å²) < 4.78 is 38.3. The zero-order valence-electron chi connectivity index (χ0n) is 11.7. The first-order chi connectivity index (χ1) is 9.41. The molecule has 5 heteroatoms. The van der Waals surface area contributed by atoms with E-state index in [1.54, 1.807) is 18.2 Å². The van der Waals surface area contributed by atoms with Crippen LogP contribution in [0.5, 0.6) is 0 Å². The zero-order chi connectivity index (χ0) is 15.2. The first kappa shape index (κ1) is 16.6. The minimum atomic E-state index is -3.93. The van der Waals surface area contributed by atoms with Gasteiger partial charge in [0.25, 0.3) is 0 Å². The number of halogens is 1. The third kappa shape index (κ3) is 4.00. The van der Waals surface area contributed by atoms with Gasteiger partial charge in [-0.05, 0) is 25.5 Å². The molecule has 0 N–H and O–H groups in total. The minimum absolute atomic E-state index is 0.00555. The summed E-state index contributed by atoms with van der Waals surface area (Å²) in [7, 11) is -3.93. The Morgan fingerprint density at radius 1 is 1.15 bits per heavy atom. The van der Waals surface area contributed by atoms with Gasteiger partial charge in [0.15, 0.2) is 11.6 Å². The van der Waals surface area contributed by atoms with Gasteiger partial charge in [-0.15, -0.1) is 0 Å². The Morgan fingerprint density at radius 2 is 1.75 bits per heavy atom. The van der Waals surface area contributed by atoms with Gasteiger partial charge in [-0.3, -0.25) is 4.79 Å². The second-order valence-electron chi connectivity index (χ2n) is 4.57. The molecule has 0 aliphatic heterocycles. The Hall–Kier alpha value is -1.49. The molecule has 0 radical (unpaired) electrons. The van der Waals surface area contributed by atoms with Gasteiger partial charge in [-0.25, -0.2) is 12.8 Å². The van der Waals surface area contributed by atoms with Crippen molar-refractivity contribution in [3.8, 4) is 0 Å². The van der Waals surface area contributed by atoms with E-state index >= 15 is 0 Å². The highest BCUT2D eigenvalue weighted by atomic mass is 32.2. The number of carbonyl (C=O) groups is 1. The summed E-state index contributed by atoms with van der Waals surface area (Å²) in [5.41, 5.74) is 0. The second-order valence-corrected chi connectivity index (χ2v) is 6.66. The number of benzene rings is 1. The van der Waals surface area contributed by atoms with Gasteiger partial charge in [-0.1, -0.05) is 38.0 Å². The summed E-state index contributed by atoms with van der Waals surface area (Å²) in [5.74, 6) is -1.89. The topological polar surface area (TPSA) is 51.2 Å². The third-order valence-electron chi connectivity index (χ3n) is 3.02. The van der Waals surface area contributed by atoms with Crippen molar-refractivity contribution in [2.24, 2.45) is 0 Å². The molecule has 0 amide bonds. The number of unbranched alkanes of at least 4 members (excludes halogenated alkanes) is 2. The lowest BCUT2D eigenvalue weighted by Crippen LogP contribution is -2.09. The van der Waals surface area contributed by atoms with Gasteiger partial charge in [0.1, 0.15) is 0 Å². The summed E-state index contributed by atoms with van der Waals surface area (Å²) in [6.07, 6.45) is 2.35. The average Bonchev–Trinajstić information content (AvgIpc) is 2.46. The normalized spacial score (nSPS) is 12.9. The maximum Gasteiger partial charge on any atom is 0.205 e. The number of rotatable bonds is 7. The number of carbonyl (C=O) groups excluding carboxylic acids is 1. The molecule has 1 aromatic rings. The van der Waals surface area contributed by atoms with Crippen molar-refractivity contribution in [3.05, 3.63) is 41.1 Å². The Balaban J connectivity index is 2.99. The Labute approximate surface area is 119 Å². The molecule has 110 valence electrons. The van der Waals surface area contributed by atoms with Crippen molar-refractivity contribution in [1.29, 1.82) is 0 Å². The van der Waals surface area contributed by atoms with Gasteiger partial charge in [0, 0.05) is 6.42 Å². The van der Waals surface area contributed by atoms with Crippen LogP contribution < -0.4 is 0 Å². The lowest BCUT2D eigenvalue weighted by molar-refractivity contribution is -0.117. The van der Waals surface area contributed by atoms with Crippen LogP contribution in [0.15, 0.2) is 46.0 Å². The van der Waals surface area contributed by atoms with Gasteiger partial charge < -0.3 is 0 Å². The van der Waals surface area contributed by atoms with E-state index in [1.165, 1.54) is 12.1 Å². The molecule has 0 saturated carbocycles. The molecule has 0 aromatic heterocycles. The number of hydrogen-bond donors (Lipinski definition) is 0. The minimum Gasteiger partial charge on any atom is -0.292 e. The summed E-state index contributed by atoms with van der Waals surface area (Å²) in [6.45, 7) is 3.11. The van der Waals surface area contributed by atoms with Crippen LogP contribution in [-0.4, -0.2) is 14.2 Å². The highest BCUT2D eigenvalue weighted by Crippen LogP contribution is 2.23. The molecule has 0 atom stereocenters. The maximum atomic E-state index is 13.9. The molecule has 3 nitrogen and oxygen atoms in total. The van der Waals surface area contributed by atoms with Gasteiger partial charge in [0.2, 0.25) is 9.84 Å². The molecule has 0 saturated heterocycles. The molecule has 0 unspecified atom stereocenters. The third-order valence-corrected chi connectivity index (χ3v) is 4.90. The molecule has 0 aliphatic rings. The van der Waals surface area contributed by atoms with E-state index in [0.29, 0.717) is 6.42 Å². The molecular weight excluding hydrogens is 279 g/mol. The van der Waals surface area contributed by atoms with E-state index in [4.69, 9.17) is 0 Å². The summed E-state index contributed by atoms with van der Waals surface area (Å²) in [5, 5.41) is 0. The largest absolute Gasteiger partial charge is 0.292 e. The van der Waals surface area contributed by atoms with Gasteiger partial charge >= 0.3 is 0 Å². The number of Topliss-reactive ketones (excluding diaryl/α,β-unsaturated/α-hetero) is 1. The van der Waals surface area contributed by atoms with Crippen LogP contribution in [0.2, 0.25) is 0 Å². The van der Waals surface area contributed by atoms with Gasteiger partial charge in [0.05, 0.1) is 9.80 Å². The quantitative estimate of drug-likeness (QED) is 0.568. The Kier molecular flexibility index (Phi) is 6.07. The van der Waals surface area contributed by atoms with Crippen LogP contribution in [0.4, 0.5) is 4.39 Å². The van der Waals surface area contributed by atoms with E-state index in [-0.39, 0.29) is 11.3 Å². The van der Waals surface area contributed by atoms with Crippen molar-refractivity contribution in [3.63, 3.8) is 0 Å². The number of sulfone groups is 1. The fourth-order valence-corrected chi connectivity index (χ4v) is 2.95. The first-order valence-electron chi connectivity index (χ1n) is 6.61. The van der Waals surface area contributed by atoms with Crippen LogP contribution >= 0.6 is 0 Å². The molecule has 0 heterocycles. The highest BCUT2D eigenvalue weighted by molar-refractivity contribution is 7.95. The van der Waals surface area contributed by atoms with E-state index in [2.05, 4.69) is 0 Å². The summed E-state index contributed by atoms with van der Waals surface area (Å²) in [4.78, 5) is 11.1. The van der Waals surface area contributed by atoms with E-state index in [0.717, 1.165) is 19.8 Å². The van der Waals surface area contributed by atoms with Crippen molar-refractivity contribution in [2.75, 3.05) is 0 Å². The molecular formula is C15H19FO3S. The predicted molar refractivity (Wildman–Crippen MR) is 76.6 cm³/mol. The smallest absolute Gasteiger partial charge is 0.205 e. The lowest BCUT2D eigenvalue weighted by atomic mass is 10.1. The van der Waals surface area contributed by atoms with Crippen molar-refractivity contribution in [2.45, 2.75) is 44.4 Å². The van der Waals surface area contributed by atoms with Crippen LogP contribution in [0.3, 0.4) is 0 Å². The number of hydrogen-bond acceptors (Lipinski definition) is 3. The predicted octanol–water partition coefficient (Wildman–Crippen LogP) is 3.81. The fraction of sp³-hybridized carbons (Fsp3) is 0.400. The average molecular weight is 298 g/mol. The van der Waals surface area contributed by atoms with E-state index < -0.39 is 26.4 Å². The Morgan fingerprint density at radius 3 is 2.30 bits per heavy atom. The van der Waals surface area contributed by atoms with Crippen molar-refractivity contribution < 1.29 is 17.6 Å². The van der Waals surface area contributed by atoms with Crippen LogP contribution in [0.25, 0.3) is 0 Å². The molecule has 0 bridgehead atoms. The Bertz CT molecular complexity index is 589. The number of ketones is 1. The molecule has 1 rings (SSSR count). The van der Waals surface area contributed by atoms with Crippen molar-refractivity contribution in [1.82, 2.24) is 0 Å². The fourth-order valence-electron chi connectivity index (χ4n) is 1.74. The van der Waals surface area contributed by atoms with Crippen LogP contribution in [0.1, 0.15) is 39.5 Å². The lowest BCUT2D eigenvalue weighted by Gasteiger charge is -2.06. The van der Waals surface area contributed by atoms with Gasteiger partial charge in [-0.2, -0.15) is 0 Å². The van der Waals surface area contributed by atoms with Crippen LogP contribution in [0, 0.1) is 0 Å². The second kappa shape index (κ2) is 7.33. The maximum absolute atomic E-state index is 13.9. The number of allylic oxidation sites excluding steroid dienone is 2. The standard InChI is InChI=1S/C15H19FO3S/c1-3-4-6-11-14(17)15(16)12(2)20(18,19)13-9-7-5-8-10-13/h5,7-10H,3-4,6,11H2,1-2H3/b15-12-. The molecule has 20 heavy (non-hydrogen) atoms. The van der Waals surface area contributed by atoms with E-state index in [9.17, 15) is 17.6 Å². The van der Waals surface area contributed by atoms with Crippen molar-refractivity contribution >= 4 is 15.6 Å². The SMILES string of the molecule is CCCCCC(=O)/C(F)=C(\C)S(=O)(=O)c1ccccc1. The highest BCUT2D eigenvalue weighted by Gasteiger charge is 2.24. The zero-order valence-corrected chi connectivity index (χ0v) is 12.5. The molecule has 0 spiro atoms. The summed E-state index contributed by atoms with van der Waals surface area (Å²) >= 11 is 0. The van der Waals surface area contributed by atoms with Crippen LogP contribution in [-0.2, 0) is 14.6 Å². The molecule has 0 aliphatic carbocycles. The van der Waals surface area contributed by atoms with E-state index in [1.807, 2.05) is 6.92 Å². The molecule has 1 aromatic carbocycles. The molecule has 0 fully saturated rings. The monoisotopic (exact) mass is 298 g/mol. The summed E-state index contributed by atoms with van der Waals surface area (Å²) in [6, 6.07) is 7.55.